The summed E-state index contributed by atoms with van der Waals surface area (Å²) in [5.41, 5.74) is 1.59. The number of carbonyl (C=O) groups excluding carboxylic acids is 2. The largest absolute Gasteiger partial charge is 0.481 e. The molecule has 6 nitrogen and oxygen atoms in total. The predicted molar refractivity (Wildman–Crippen MR) is 121 cm³/mol. The van der Waals surface area contributed by atoms with Crippen LogP contribution in [-0.4, -0.2) is 38.7 Å². The molecule has 8 heteroatoms. The molecule has 1 fully saturated rings. The van der Waals surface area contributed by atoms with E-state index in [4.69, 9.17) is 17.3 Å². The number of thiocarbonyl (C=S) groups is 1. The maximum absolute atomic E-state index is 12.6. The van der Waals surface area contributed by atoms with Gasteiger partial charge < -0.3 is 10.4 Å². The summed E-state index contributed by atoms with van der Waals surface area (Å²) in [6, 6.07) is 9.74. The molecule has 0 saturated carbocycles. The Morgan fingerprint density at radius 2 is 2.07 bits per heavy atom. The second kappa shape index (κ2) is 10.2. The van der Waals surface area contributed by atoms with Gasteiger partial charge >= 0.3 is 5.97 Å². The Morgan fingerprint density at radius 3 is 2.73 bits per heavy atom. The molecule has 1 saturated heterocycles. The molecule has 2 N–H and O–H groups in total. The van der Waals surface area contributed by atoms with Crippen LogP contribution in [-0.2, 0) is 14.4 Å². The van der Waals surface area contributed by atoms with E-state index in [0.29, 0.717) is 21.3 Å². The first-order valence-corrected chi connectivity index (χ1v) is 10.5. The summed E-state index contributed by atoms with van der Waals surface area (Å²) in [4.78, 5) is 37.6. The van der Waals surface area contributed by atoms with Gasteiger partial charge in [-0.3, -0.25) is 19.3 Å². The molecule has 0 aromatic heterocycles. The predicted octanol–water partition coefficient (Wildman–Crippen LogP) is 3.49. The van der Waals surface area contributed by atoms with Crippen molar-refractivity contribution in [3.05, 3.63) is 76.9 Å². The number of allylic oxidation sites excluding steroid dienone is 4. The summed E-state index contributed by atoms with van der Waals surface area (Å²) in [5, 5.41) is 11.7. The minimum Gasteiger partial charge on any atom is -0.481 e. The normalized spacial score (nSPS) is 20.1. The molecule has 154 valence electrons. The second-order valence-electron chi connectivity index (χ2n) is 6.62. The molecule has 0 radical (unpaired) electrons. The van der Waals surface area contributed by atoms with Crippen LogP contribution in [0.3, 0.4) is 0 Å². The minimum atomic E-state index is -0.895. The van der Waals surface area contributed by atoms with Crippen molar-refractivity contribution in [2.24, 2.45) is 5.92 Å². The van der Waals surface area contributed by atoms with Crippen LogP contribution in [0.2, 0.25) is 0 Å². The number of nitrogens with zero attached hydrogens (tertiary/aromatic N) is 1. The van der Waals surface area contributed by atoms with Crippen molar-refractivity contribution in [3.63, 3.8) is 0 Å². The average Bonchev–Trinajstić information content (AvgIpc) is 3.00. The Hall–Kier alpha value is -2.97. The van der Waals surface area contributed by atoms with Crippen molar-refractivity contribution >= 4 is 52.2 Å². The molecule has 1 aliphatic carbocycles. The smallest absolute Gasteiger partial charge is 0.310 e. The number of hydrogen-bond acceptors (Lipinski definition) is 5. The molecule has 1 atom stereocenters. The number of nitrogens with one attached hydrogen (secondary N) is 1. The van der Waals surface area contributed by atoms with Gasteiger partial charge in [-0.05, 0) is 24.1 Å². The quantitative estimate of drug-likeness (QED) is 0.499. The molecule has 2 amide bonds. The van der Waals surface area contributed by atoms with Gasteiger partial charge in [0.1, 0.15) is 4.32 Å². The molecular formula is C22H20N2O4S2. The minimum absolute atomic E-state index is 0.0904. The van der Waals surface area contributed by atoms with E-state index >= 15 is 0 Å². The zero-order valence-electron chi connectivity index (χ0n) is 16.0. The van der Waals surface area contributed by atoms with Crippen LogP contribution in [0.15, 0.2) is 71.3 Å². The highest BCUT2D eigenvalue weighted by Crippen LogP contribution is 2.31. The maximum Gasteiger partial charge on any atom is 0.310 e. The van der Waals surface area contributed by atoms with Gasteiger partial charge in [-0.25, -0.2) is 0 Å². The van der Waals surface area contributed by atoms with E-state index < -0.39 is 11.9 Å². The highest BCUT2D eigenvalue weighted by atomic mass is 32.2. The highest BCUT2D eigenvalue weighted by Gasteiger charge is 2.31. The molecule has 1 unspecified atom stereocenters. The Morgan fingerprint density at radius 1 is 1.30 bits per heavy atom. The van der Waals surface area contributed by atoms with Crippen LogP contribution in [0.4, 0.5) is 0 Å². The molecule has 30 heavy (non-hydrogen) atoms. The molecule has 3 rings (SSSR count). The first-order valence-electron chi connectivity index (χ1n) is 9.32. The molecule has 1 heterocycles. The van der Waals surface area contributed by atoms with Crippen molar-refractivity contribution in [2.75, 3.05) is 6.54 Å². The summed E-state index contributed by atoms with van der Waals surface area (Å²) in [6.45, 7) is 0.186. The second-order valence-corrected chi connectivity index (χ2v) is 8.30. The number of rotatable bonds is 7. The lowest BCUT2D eigenvalue weighted by Crippen LogP contribution is -2.33. The summed E-state index contributed by atoms with van der Waals surface area (Å²) in [7, 11) is 0. The van der Waals surface area contributed by atoms with Crippen LogP contribution in [0.1, 0.15) is 18.4 Å². The van der Waals surface area contributed by atoms with Gasteiger partial charge in [-0.15, -0.1) is 0 Å². The van der Waals surface area contributed by atoms with Crippen molar-refractivity contribution in [3.8, 4) is 0 Å². The number of benzene rings is 1. The van der Waals surface area contributed by atoms with E-state index in [0.717, 1.165) is 5.56 Å². The van der Waals surface area contributed by atoms with Gasteiger partial charge in [0, 0.05) is 18.7 Å². The molecule has 1 aliphatic heterocycles. The molecule has 0 bridgehead atoms. The van der Waals surface area contributed by atoms with Crippen molar-refractivity contribution in [1.82, 2.24) is 10.2 Å². The van der Waals surface area contributed by atoms with Crippen molar-refractivity contribution < 1.29 is 19.5 Å². The van der Waals surface area contributed by atoms with Gasteiger partial charge in [0.05, 0.1) is 10.8 Å². The first kappa shape index (κ1) is 21.7. The summed E-state index contributed by atoms with van der Waals surface area (Å²) in [5.74, 6) is -1.93. The molecule has 0 spiro atoms. The van der Waals surface area contributed by atoms with Crippen LogP contribution in [0, 0.1) is 5.92 Å². The fourth-order valence-corrected chi connectivity index (χ4v) is 4.11. The Kier molecular flexibility index (Phi) is 7.37. The lowest BCUT2D eigenvalue weighted by Gasteiger charge is -2.16. The van der Waals surface area contributed by atoms with Gasteiger partial charge in [-0.1, -0.05) is 78.6 Å². The molecule has 2 aliphatic rings. The standard InChI is InChI=1S/C22H20N2O4S2/c25-19(23-17-11-9-16(10-12-17)21(27)28)13-14-24-20(26)18(30-22(24)29)8-4-7-15-5-2-1-3-6-15/h1-9,11-12,16H,10,13-14H2,(H,23,25)(H,27,28)/b7-4+,18-8+. The summed E-state index contributed by atoms with van der Waals surface area (Å²) in [6.07, 6.45) is 10.7. The SMILES string of the molecule is O=C(CCN1C(=O)/C(=C\C=C\c2ccccc2)SC1=S)NC1=CCC(C(=O)O)C=C1. The number of aliphatic carboxylic acids is 1. The first-order chi connectivity index (χ1) is 14.4. The number of amides is 2. The van der Waals surface area contributed by atoms with E-state index in [2.05, 4.69) is 5.32 Å². The zero-order valence-corrected chi connectivity index (χ0v) is 17.6. The monoisotopic (exact) mass is 440 g/mol. The number of carboxylic acids is 1. The van der Waals surface area contributed by atoms with Crippen molar-refractivity contribution in [2.45, 2.75) is 12.8 Å². The average molecular weight is 441 g/mol. The Labute approximate surface area is 184 Å². The maximum atomic E-state index is 12.6. The molecule has 1 aromatic carbocycles. The van der Waals surface area contributed by atoms with E-state index in [1.807, 2.05) is 36.4 Å². The Bertz CT molecular complexity index is 980. The molecular weight excluding hydrogens is 420 g/mol. The number of carboxylic acid groups (broad SMARTS) is 1. The van der Waals surface area contributed by atoms with E-state index in [-0.39, 0.29) is 24.8 Å². The zero-order chi connectivity index (χ0) is 21.5. The summed E-state index contributed by atoms with van der Waals surface area (Å²) < 4.78 is 0.424. The fraction of sp³-hybridized carbons (Fsp3) is 0.182. The van der Waals surface area contributed by atoms with E-state index in [1.165, 1.54) is 16.7 Å². The lowest BCUT2D eigenvalue weighted by molar-refractivity contribution is -0.140. The lowest BCUT2D eigenvalue weighted by atomic mass is 10.00. The van der Waals surface area contributed by atoms with E-state index in [1.54, 1.807) is 30.4 Å². The highest BCUT2D eigenvalue weighted by molar-refractivity contribution is 8.26. The van der Waals surface area contributed by atoms with Gasteiger partial charge in [0.25, 0.3) is 5.91 Å². The van der Waals surface area contributed by atoms with Crippen LogP contribution < -0.4 is 5.32 Å². The van der Waals surface area contributed by atoms with Gasteiger partial charge in [-0.2, -0.15) is 0 Å². The van der Waals surface area contributed by atoms with Crippen molar-refractivity contribution in [1.29, 1.82) is 0 Å². The van der Waals surface area contributed by atoms with Crippen LogP contribution in [0.5, 0.6) is 0 Å². The number of hydrogen-bond donors (Lipinski definition) is 2. The topological polar surface area (TPSA) is 86.7 Å². The third-order valence-corrected chi connectivity index (χ3v) is 5.87. The van der Waals surface area contributed by atoms with Crippen LogP contribution >= 0.6 is 24.0 Å². The number of carbonyl (C=O) groups is 3. The fourth-order valence-electron chi connectivity index (χ4n) is 2.85. The number of thioether (sulfide) groups is 1. The third kappa shape index (κ3) is 5.77. The Balaban J connectivity index is 1.50. The van der Waals surface area contributed by atoms with Gasteiger partial charge in [0.2, 0.25) is 5.91 Å². The van der Waals surface area contributed by atoms with E-state index in [9.17, 15) is 14.4 Å². The molecule has 1 aromatic rings. The van der Waals surface area contributed by atoms with Gasteiger partial charge in [0.15, 0.2) is 0 Å². The summed E-state index contributed by atoms with van der Waals surface area (Å²) >= 11 is 6.50. The van der Waals surface area contributed by atoms with Crippen LogP contribution in [0.25, 0.3) is 6.08 Å². The third-order valence-electron chi connectivity index (χ3n) is 4.47.